The number of nitrogens with zero attached hydrogens (tertiary/aromatic N) is 3. The Hall–Kier alpha value is -3.24. The van der Waals surface area contributed by atoms with E-state index in [0.717, 1.165) is 13.1 Å². The maximum absolute atomic E-state index is 13.2. The van der Waals surface area contributed by atoms with E-state index < -0.39 is 11.8 Å². The second kappa shape index (κ2) is 10.8. The second-order valence-electron chi connectivity index (χ2n) is 8.16. The number of methoxy groups -OCH3 is 1. The van der Waals surface area contributed by atoms with Crippen molar-refractivity contribution in [2.45, 2.75) is 13.0 Å². The molecule has 0 spiro atoms. The number of hydrogen-bond acceptors (Lipinski definition) is 7. The SMILES string of the molecule is COC(=O)c1c(OCCN2CCOCC2)cc(=O)n2c1CCN(C(=O)c1ccc(F)cc1)CC2. The zero-order valence-corrected chi connectivity index (χ0v) is 19.1. The number of amides is 1. The zero-order chi connectivity index (χ0) is 24.1. The van der Waals surface area contributed by atoms with Gasteiger partial charge in [0.2, 0.25) is 0 Å². The first-order chi connectivity index (χ1) is 16.5. The Morgan fingerprint density at radius 3 is 2.50 bits per heavy atom. The molecule has 0 N–H and O–H groups in total. The summed E-state index contributed by atoms with van der Waals surface area (Å²) >= 11 is 0. The monoisotopic (exact) mass is 473 g/mol. The van der Waals surface area contributed by atoms with Gasteiger partial charge in [0.25, 0.3) is 11.5 Å². The Morgan fingerprint density at radius 2 is 1.79 bits per heavy atom. The summed E-state index contributed by atoms with van der Waals surface area (Å²) in [6.07, 6.45) is 0.271. The fraction of sp³-hybridized carbons (Fsp3) is 0.458. The number of halogens is 1. The van der Waals surface area contributed by atoms with Crippen LogP contribution in [0.2, 0.25) is 0 Å². The molecule has 1 fully saturated rings. The minimum Gasteiger partial charge on any atom is -0.491 e. The summed E-state index contributed by atoms with van der Waals surface area (Å²) in [5, 5.41) is 0. The molecule has 4 rings (SSSR count). The first-order valence-corrected chi connectivity index (χ1v) is 11.3. The van der Waals surface area contributed by atoms with Crippen molar-refractivity contribution in [1.82, 2.24) is 14.4 Å². The summed E-state index contributed by atoms with van der Waals surface area (Å²) in [4.78, 5) is 42.3. The number of hydrogen-bond donors (Lipinski definition) is 0. The molecule has 34 heavy (non-hydrogen) atoms. The topological polar surface area (TPSA) is 90.3 Å². The van der Waals surface area contributed by atoms with Crippen LogP contribution in [0, 0.1) is 5.82 Å². The van der Waals surface area contributed by atoms with Gasteiger partial charge in [0.15, 0.2) is 0 Å². The lowest BCUT2D eigenvalue weighted by atomic mass is 10.1. The van der Waals surface area contributed by atoms with Gasteiger partial charge in [-0.15, -0.1) is 0 Å². The van der Waals surface area contributed by atoms with Gasteiger partial charge in [-0.1, -0.05) is 0 Å². The molecule has 0 bridgehead atoms. The molecule has 2 aromatic rings. The van der Waals surface area contributed by atoms with E-state index in [-0.39, 0.29) is 48.8 Å². The minimum atomic E-state index is -0.594. The van der Waals surface area contributed by atoms with Crippen LogP contribution < -0.4 is 10.3 Å². The van der Waals surface area contributed by atoms with Crippen molar-refractivity contribution in [3.8, 4) is 5.75 Å². The highest BCUT2D eigenvalue weighted by molar-refractivity contribution is 5.95. The van der Waals surface area contributed by atoms with Gasteiger partial charge in [0.05, 0.1) is 20.3 Å². The minimum absolute atomic E-state index is 0.190. The number of ether oxygens (including phenoxy) is 3. The van der Waals surface area contributed by atoms with Crippen molar-refractivity contribution in [2.24, 2.45) is 0 Å². The Balaban J connectivity index is 1.55. The quantitative estimate of drug-likeness (QED) is 0.582. The summed E-state index contributed by atoms with van der Waals surface area (Å²) in [5.74, 6) is -1.09. The van der Waals surface area contributed by atoms with E-state index in [2.05, 4.69) is 4.90 Å². The summed E-state index contributed by atoms with van der Waals surface area (Å²) < 4.78 is 31.0. The van der Waals surface area contributed by atoms with Crippen LogP contribution >= 0.6 is 0 Å². The van der Waals surface area contributed by atoms with Crippen LogP contribution in [0.25, 0.3) is 0 Å². The van der Waals surface area contributed by atoms with Crippen LogP contribution in [-0.2, 0) is 22.4 Å². The molecular formula is C24H28FN3O6. The molecule has 2 aliphatic rings. The molecule has 0 aliphatic carbocycles. The van der Waals surface area contributed by atoms with E-state index in [1.807, 2.05) is 0 Å². The molecular weight excluding hydrogens is 445 g/mol. The van der Waals surface area contributed by atoms with Gasteiger partial charge in [-0.05, 0) is 24.3 Å². The Kier molecular flexibility index (Phi) is 7.59. The molecule has 1 aromatic heterocycles. The third kappa shape index (κ3) is 5.28. The van der Waals surface area contributed by atoms with Crippen LogP contribution in [0.3, 0.4) is 0 Å². The van der Waals surface area contributed by atoms with Crippen LogP contribution in [0.1, 0.15) is 26.4 Å². The Morgan fingerprint density at radius 1 is 1.06 bits per heavy atom. The number of benzene rings is 1. The van der Waals surface area contributed by atoms with Crippen molar-refractivity contribution in [1.29, 1.82) is 0 Å². The van der Waals surface area contributed by atoms with Crippen LogP contribution in [0.5, 0.6) is 5.75 Å². The summed E-state index contributed by atoms with van der Waals surface area (Å²) in [6.45, 7) is 4.68. The van der Waals surface area contributed by atoms with Crippen LogP contribution in [0.4, 0.5) is 4.39 Å². The van der Waals surface area contributed by atoms with Crippen molar-refractivity contribution in [3.63, 3.8) is 0 Å². The van der Waals surface area contributed by atoms with Gasteiger partial charge in [0, 0.05) is 63.0 Å². The van der Waals surface area contributed by atoms with E-state index in [4.69, 9.17) is 14.2 Å². The number of morpholine rings is 1. The van der Waals surface area contributed by atoms with E-state index in [1.165, 1.54) is 42.0 Å². The molecule has 1 aromatic carbocycles. The fourth-order valence-corrected chi connectivity index (χ4v) is 4.27. The first-order valence-electron chi connectivity index (χ1n) is 11.3. The lowest BCUT2D eigenvalue weighted by Gasteiger charge is -2.26. The Labute approximate surface area is 196 Å². The van der Waals surface area contributed by atoms with E-state index in [0.29, 0.717) is 37.6 Å². The molecule has 10 heteroatoms. The van der Waals surface area contributed by atoms with Gasteiger partial charge in [0.1, 0.15) is 23.7 Å². The molecule has 0 unspecified atom stereocenters. The number of pyridine rings is 1. The summed E-state index contributed by atoms with van der Waals surface area (Å²) in [5.41, 5.74) is 0.746. The molecule has 182 valence electrons. The highest BCUT2D eigenvalue weighted by atomic mass is 19.1. The number of rotatable bonds is 6. The maximum atomic E-state index is 13.2. The smallest absolute Gasteiger partial charge is 0.343 e. The number of carbonyl (C=O) groups excluding carboxylic acids is 2. The van der Waals surface area contributed by atoms with Crippen LogP contribution in [-0.4, -0.2) is 85.9 Å². The molecule has 0 radical (unpaired) electrons. The zero-order valence-electron chi connectivity index (χ0n) is 19.1. The van der Waals surface area contributed by atoms with Gasteiger partial charge >= 0.3 is 5.97 Å². The number of carbonyl (C=O) groups is 2. The van der Waals surface area contributed by atoms with Crippen molar-refractivity contribution >= 4 is 11.9 Å². The second-order valence-corrected chi connectivity index (χ2v) is 8.16. The molecule has 9 nitrogen and oxygen atoms in total. The first kappa shape index (κ1) is 23.9. The third-order valence-electron chi connectivity index (χ3n) is 6.13. The molecule has 3 heterocycles. The molecule has 0 saturated carbocycles. The van der Waals surface area contributed by atoms with Gasteiger partial charge < -0.3 is 23.7 Å². The van der Waals surface area contributed by atoms with Gasteiger partial charge in [-0.25, -0.2) is 9.18 Å². The molecule has 1 amide bonds. The molecule has 1 saturated heterocycles. The fourth-order valence-electron chi connectivity index (χ4n) is 4.27. The van der Waals surface area contributed by atoms with Gasteiger partial charge in [-0.2, -0.15) is 0 Å². The molecule has 2 aliphatic heterocycles. The maximum Gasteiger partial charge on any atom is 0.343 e. The standard InChI is InChI=1S/C24H28FN3O6/c1-32-24(31)22-19-6-7-27(23(30)17-2-4-18(25)5-3-17)8-9-28(19)21(29)16-20(22)34-15-12-26-10-13-33-14-11-26/h2-5,16H,6-15H2,1H3. The Bertz CT molecular complexity index is 1100. The lowest BCUT2D eigenvalue weighted by molar-refractivity contribution is 0.0320. The van der Waals surface area contributed by atoms with E-state index >= 15 is 0 Å². The highest BCUT2D eigenvalue weighted by Crippen LogP contribution is 2.24. The van der Waals surface area contributed by atoms with E-state index in [1.54, 1.807) is 4.90 Å². The number of esters is 1. The van der Waals surface area contributed by atoms with Crippen molar-refractivity contribution < 1.29 is 28.2 Å². The van der Waals surface area contributed by atoms with E-state index in [9.17, 15) is 18.8 Å². The largest absolute Gasteiger partial charge is 0.491 e. The summed E-state index contributed by atoms with van der Waals surface area (Å²) in [6, 6.07) is 6.65. The highest BCUT2D eigenvalue weighted by Gasteiger charge is 2.28. The van der Waals surface area contributed by atoms with Crippen LogP contribution in [0.15, 0.2) is 35.1 Å². The average Bonchev–Trinajstić information content (AvgIpc) is 3.08. The number of fused-ring (bicyclic) bond motifs is 1. The average molecular weight is 474 g/mol. The van der Waals surface area contributed by atoms with Crippen molar-refractivity contribution in [3.05, 3.63) is 63.3 Å². The number of aromatic nitrogens is 1. The predicted octanol–water partition coefficient (Wildman–Crippen LogP) is 1.18. The summed E-state index contributed by atoms with van der Waals surface area (Å²) in [7, 11) is 1.28. The van der Waals surface area contributed by atoms with Gasteiger partial charge in [-0.3, -0.25) is 14.5 Å². The van der Waals surface area contributed by atoms with Crippen molar-refractivity contribution in [2.75, 3.05) is 59.7 Å². The normalized spacial score (nSPS) is 16.5. The third-order valence-corrected chi connectivity index (χ3v) is 6.13. The lowest BCUT2D eigenvalue weighted by Crippen LogP contribution is -2.38. The predicted molar refractivity (Wildman–Crippen MR) is 121 cm³/mol. The molecule has 0 atom stereocenters.